The normalized spacial score (nSPS) is 27.0. The van der Waals surface area contributed by atoms with Gasteiger partial charge < -0.3 is 19.5 Å². The molecule has 2 aromatic rings. The summed E-state index contributed by atoms with van der Waals surface area (Å²) in [5, 5.41) is 20.1. The van der Waals surface area contributed by atoms with Crippen LogP contribution >= 0.6 is 0 Å². The topological polar surface area (TPSA) is 92.0 Å². The molecule has 0 bridgehead atoms. The number of carbonyl (C=O) groups excluding carboxylic acids is 1. The SMILES string of the molecule is COC(=O)C1Cc2c(n(C)c3ccccc23)C2CC(C=CC(=O)O)C(CO)CN12. The monoisotopic (exact) mass is 398 g/mol. The van der Waals surface area contributed by atoms with E-state index in [1.165, 1.54) is 7.11 Å². The molecule has 2 aliphatic heterocycles. The molecule has 4 unspecified atom stereocenters. The quantitative estimate of drug-likeness (QED) is 0.604. The van der Waals surface area contributed by atoms with Crippen LogP contribution in [0.25, 0.3) is 10.9 Å². The van der Waals surface area contributed by atoms with Crippen molar-refractivity contribution >= 4 is 22.8 Å². The number of esters is 1. The number of allylic oxidation sites excluding steroid dienone is 1. The lowest BCUT2D eigenvalue weighted by atomic mass is 9.76. The van der Waals surface area contributed by atoms with Gasteiger partial charge in [0.1, 0.15) is 6.04 Å². The number of rotatable bonds is 4. The highest BCUT2D eigenvalue weighted by atomic mass is 16.5. The number of nitrogens with zero attached hydrogens (tertiary/aromatic N) is 2. The van der Waals surface area contributed by atoms with Crippen molar-refractivity contribution < 1.29 is 24.5 Å². The Balaban J connectivity index is 1.83. The van der Waals surface area contributed by atoms with Crippen LogP contribution in [-0.2, 0) is 27.8 Å². The summed E-state index contributed by atoms with van der Waals surface area (Å²) in [6, 6.07) is 7.70. The molecule has 154 valence electrons. The van der Waals surface area contributed by atoms with Crippen LogP contribution in [0.4, 0.5) is 0 Å². The third-order valence-corrected chi connectivity index (χ3v) is 6.51. The predicted molar refractivity (Wildman–Crippen MR) is 107 cm³/mol. The Morgan fingerprint density at radius 1 is 1.31 bits per heavy atom. The van der Waals surface area contributed by atoms with E-state index in [-0.39, 0.29) is 30.5 Å². The maximum Gasteiger partial charge on any atom is 0.327 e. The van der Waals surface area contributed by atoms with Gasteiger partial charge in [-0.25, -0.2) is 4.79 Å². The molecule has 29 heavy (non-hydrogen) atoms. The molecule has 4 rings (SSSR count). The fourth-order valence-corrected chi connectivity index (χ4v) is 5.16. The first-order chi connectivity index (χ1) is 14.0. The molecule has 2 aliphatic rings. The summed E-state index contributed by atoms with van der Waals surface area (Å²) in [6.45, 7) is 0.449. The number of fused-ring (bicyclic) bond motifs is 5. The van der Waals surface area contributed by atoms with Gasteiger partial charge in [0.2, 0.25) is 0 Å². The van der Waals surface area contributed by atoms with Gasteiger partial charge in [-0.2, -0.15) is 0 Å². The summed E-state index contributed by atoms with van der Waals surface area (Å²) in [4.78, 5) is 25.8. The summed E-state index contributed by atoms with van der Waals surface area (Å²) >= 11 is 0. The van der Waals surface area contributed by atoms with Crippen molar-refractivity contribution in [1.82, 2.24) is 9.47 Å². The Kier molecular flexibility index (Phi) is 5.19. The molecule has 3 heterocycles. The van der Waals surface area contributed by atoms with Gasteiger partial charge in [-0.15, -0.1) is 0 Å². The maximum absolute atomic E-state index is 12.6. The molecule has 0 spiro atoms. The van der Waals surface area contributed by atoms with Crippen LogP contribution in [0.2, 0.25) is 0 Å². The summed E-state index contributed by atoms with van der Waals surface area (Å²) in [6.07, 6.45) is 4.05. The molecule has 0 aliphatic carbocycles. The molecule has 1 saturated heterocycles. The van der Waals surface area contributed by atoms with Gasteiger partial charge >= 0.3 is 11.9 Å². The highest BCUT2D eigenvalue weighted by Crippen LogP contribution is 2.46. The van der Waals surface area contributed by atoms with Crippen molar-refractivity contribution in [2.45, 2.75) is 24.9 Å². The van der Waals surface area contributed by atoms with Gasteiger partial charge in [0.25, 0.3) is 0 Å². The van der Waals surface area contributed by atoms with Gasteiger partial charge in [-0.1, -0.05) is 24.3 Å². The number of hydrogen-bond acceptors (Lipinski definition) is 5. The van der Waals surface area contributed by atoms with Crippen LogP contribution in [0.1, 0.15) is 23.7 Å². The Morgan fingerprint density at radius 3 is 2.76 bits per heavy atom. The first-order valence-electron chi connectivity index (χ1n) is 9.88. The number of aryl methyl sites for hydroxylation is 1. The third-order valence-electron chi connectivity index (χ3n) is 6.51. The van der Waals surface area contributed by atoms with Gasteiger partial charge in [-0.05, 0) is 24.0 Å². The molecule has 7 nitrogen and oxygen atoms in total. The molecule has 0 radical (unpaired) electrons. The minimum atomic E-state index is -0.995. The molecular formula is C22H26N2O5. The lowest BCUT2D eigenvalue weighted by Gasteiger charge is -2.48. The Hall–Kier alpha value is -2.64. The Labute approximate surface area is 169 Å². The fraction of sp³-hybridized carbons (Fsp3) is 0.455. The number of piperidine rings is 1. The smallest absolute Gasteiger partial charge is 0.327 e. The van der Waals surface area contributed by atoms with E-state index >= 15 is 0 Å². The van der Waals surface area contributed by atoms with E-state index in [0.29, 0.717) is 19.4 Å². The number of aromatic nitrogens is 1. The van der Waals surface area contributed by atoms with Gasteiger partial charge in [0.15, 0.2) is 0 Å². The largest absolute Gasteiger partial charge is 0.478 e. The fourth-order valence-electron chi connectivity index (χ4n) is 5.16. The van der Waals surface area contributed by atoms with Crippen LogP contribution in [0.15, 0.2) is 36.4 Å². The number of carbonyl (C=O) groups is 2. The molecular weight excluding hydrogens is 372 g/mol. The zero-order chi connectivity index (χ0) is 20.7. The van der Waals surface area contributed by atoms with E-state index in [4.69, 9.17) is 9.84 Å². The summed E-state index contributed by atoms with van der Waals surface area (Å²) in [7, 11) is 3.44. The zero-order valence-corrected chi connectivity index (χ0v) is 16.6. The third kappa shape index (κ3) is 3.24. The summed E-state index contributed by atoms with van der Waals surface area (Å²) in [5.74, 6) is -1.49. The maximum atomic E-state index is 12.6. The molecule has 2 N–H and O–H groups in total. The van der Waals surface area contributed by atoms with E-state index in [9.17, 15) is 14.7 Å². The number of carboxylic acids is 1. The highest BCUT2D eigenvalue weighted by molar-refractivity contribution is 5.88. The summed E-state index contributed by atoms with van der Waals surface area (Å²) < 4.78 is 7.29. The first kappa shape index (κ1) is 19.7. The average molecular weight is 398 g/mol. The van der Waals surface area contributed by atoms with Crippen molar-refractivity contribution in [3.05, 3.63) is 47.7 Å². The van der Waals surface area contributed by atoms with E-state index in [1.54, 1.807) is 6.08 Å². The van der Waals surface area contributed by atoms with E-state index in [1.807, 2.05) is 19.2 Å². The van der Waals surface area contributed by atoms with Crippen LogP contribution in [0.5, 0.6) is 0 Å². The zero-order valence-electron chi connectivity index (χ0n) is 16.6. The standard InChI is InChI=1S/C22H26N2O5/c1-23-17-6-4-3-5-15(17)16-10-19(22(28)29-2)24-11-14(12-25)13(7-8-20(26)27)9-18(24)21(16)23/h3-8,13-14,18-19,25H,9-12H2,1-2H3,(H,26,27). The minimum Gasteiger partial charge on any atom is -0.478 e. The van der Waals surface area contributed by atoms with Crippen molar-refractivity contribution in [3.63, 3.8) is 0 Å². The number of aliphatic hydroxyl groups excluding tert-OH is 1. The molecule has 7 heteroatoms. The second kappa shape index (κ2) is 7.65. The number of aliphatic carboxylic acids is 1. The molecule has 1 aromatic carbocycles. The van der Waals surface area contributed by atoms with Gasteiger partial charge in [0, 0.05) is 55.2 Å². The van der Waals surface area contributed by atoms with Crippen molar-refractivity contribution in [2.75, 3.05) is 20.3 Å². The highest BCUT2D eigenvalue weighted by Gasteiger charge is 2.46. The molecule has 1 fully saturated rings. The number of aliphatic hydroxyl groups is 1. The van der Waals surface area contributed by atoms with E-state index < -0.39 is 12.0 Å². The molecule has 0 saturated carbocycles. The minimum absolute atomic E-state index is 0.0495. The number of hydrogen-bond donors (Lipinski definition) is 2. The lowest BCUT2D eigenvalue weighted by Crippen LogP contribution is -2.55. The van der Waals surface area contributed by atoms with Crippen molar-refractivity contribution in [1.29, 1.82) is 0 Å². The number of methoxy groups -OCH3 is 1. The van der Waals surface area contributed by atoms with Crippen LogP contribution < -0.4 is 0 Å². The number of para-hydroxylation sites is 1. The second-order valence-corrected chi connectivity index (χ2v) is 7.94. The van der Waals surface area contributed by atoms with Gasteiger partial charge in [-0.3, -0.25) is 9.69 Å². The predicted octanol–water partition coefficient (Wildman–Crippen LogP) is 1.89. The Bertz CT molecular complexity index is 979. The van der Waals surface area contributed by atoms with Crippen LogP contribution in [0, 0.1) is 11.8 Å². The number of ether oxygens (including phenoxy) is 1. The second-order valence-electron chi connectivity index (χ2n) is 7.94. The van der Waals surface area contributed by atoms with Crippen molar-refractivity contribution in [3.8, 4) is 0 Å². The number of carboxylic acid groups (broad SMARTS) is 1. The summed E-state index contributed by atoms with van der Waals surface area (Å²) in [5.41, 5.74) is 3.43. The molecule has 0 amide bonds. The van der Waals surface area contributed by atoms with Crippen LogP contribution in [-0.4, -0.2) is 57.9 Å². The van der Waals surface area contributed by atoms with Gasteiger partial charge in [0.05, 0.1) is 13.2 Å². The van der Waals surface area contributed by atoms with E-state index in [2.05, 4.69) is 21.6 Å². The average Bonchev–Trinajstić information content (AvgIpc) is 3.02. The first-order valence-corrected chi connectivity index (χ1v) is 9.88. The molecule has 1 aromatic heterocycles. The van der Waals surface area contributed by atoms with Crippen molar-refractivity contribution in [2.24, 2.45) is 18.9 Å². The number of benzene rings is 1. The molecule has 4 atom stereocenters. The van der Waals surface area contributed by atoms with E-state index in [0.717, 1.165) is 28.2 Å². The Morgan fingerprint density at radius 2 is 2.07 bits per heavy atom. The lowest BCUT2D eigenvalue weighted by molar-refractivity contribution is -0.151. The van der Waals surface area contributed by atoms with Crippen LogP contribution in [0.3, 0.4) is 0 Å².